The predicted octanol–water partition coefficient (Wildman–Crippen LogP) is 4.26. The second-order valence-electron chi connectivity index (χ2n) is 5.61. The van der Waals surface area contributed by atoms with E-state index >= 15 is 0 Å². The summed E-state index contributed by atoms with van der Waals surface area (Å²) in [5.41, 5.74) is 0.837. The molecular formula is C17H21ClN4O. The first-order valence-corrected chi connectivity index (χ1v) is 8.32. The summed E-state index contributed by atoms with van der Waals surface area (Å²) < 4.78 is 5.16. The molecule has 1 aliphatic rings. The molecule has 6 heteroatoms. The molecule has 0 bridgehead atoms. The average molecular weight is 333 g/mol. The van der Waals surface area contributed by atoms with Gasteiger partial charge in [-0.1, -0.05) is 24.4 Å². The number of halogens is 1. The zero-order valence-corrected chi connectivity index (χ0v) is 14.0. The Morgan fingerprint density at radius 2 is 1.91 bits per heavy atom. The van der Waals surface area contributed by atoms with E-state index in [2.05, 4.69) is 20.2 Å². The van der Waals surface area contributed by atoms with Crippen molar-refractivity contribution in [1.82, 2.24) is 9.97 Å². The van der Waals surface area contributed by atoms with E-state index in [9.17, 15) is 0 Å². The molecule has 1 fully saturated rings. The number of nitrogens with one attached hydrogen (secondary N) is 1. The predicted molar refractivity (Wildman–Crippen MR) is 94.0 cm³/mol. The molecular weight excluding hydrogens is 312 g/mol. The standard InChI is InChI=1S/C17H21ClN4O/c1-23-15-7-6-13(12-14(15)18)20-17-19-9-8-16(21-17)22-10-4-2-3-5-11-22/h6-9,12H,2-5,10-11H2,1H3,(H,19,20,21). The van der Waals surface area contributed by atoms with Crippen LogP contribution < -0.4 is 15.0 Å². The van der Waals surface area contributed by atoms with Gasteiger partial charge in [0.2, 0.25) is 5.95 Å². The quantitative estimate of drug-likeness (QED) is 0.906. The van der Waals surface area contributed by atoms with Gasteiger partial charge in [0.25, 0.3) is 0 Å². The van der Waals surface area contributed by atoms with Crippen molar-refractivity contribution >= 4 is 29.1 Å². The van der Waals surface area contributed by atoms with Crippen LogP contribution in [-0.4, -0.2) is 30.2 Å². The molecule has 0 saturated carbocycles. The molecule has 5 nitrogen and oxygen atoms in total. The molecule has 3 rings (SSSR count). The monoisotopic (exact) mass is 332 g/mol. The maximum atomic E-state index is 6.15. The van der Waals surface area contributed by atoms with Crippen LogP contribution in [0.25, 0.3) is 0 Å². The molecule has 1 N–H and O–H groups in total. The Kier molecular flexibility index (Phi) is 5.18. The molecule has 1 saturated heterocycles. The Hall–Kier alpha value is -2.01. The van der Waals surface area contributed by atoms with Crippen molar-refractivity contribution in [3.05, 3.63) is 35.5 Å². The van der Waals surface area contributed by atoms with E-state index in [-0.39, 0.29) is 0 Å². The van der Waals surface area contributed by atoms with Crippen molar-refractivity contribution in [2.75, 3.05) is 30.4 Å². The fraction of sp³-hybridized carbons (Fsp3) is 0.412. The molecule has 122 valence electrons. The van der Waals surface area contributed by atoms with E-state index in [1.807, 2.05) is 24.3 Å². The van der Waals surface area contributed by atoms with Crippen molar-refractivity contribution in [3.63, 3.8) is 0 Å². The smallest absolute Gasteiger partial charge is 0.229 e. The van der Waals surface area contributed by atoms with Gasteiger partial charge in [0, 0.05) is 25.0 Å². The van der Waals surface area contributed by atoms with E-state index in [0.717, 1.165) is 24.6 Å². The van der Waals surface area contributed by atoms with E-state index in [1.54, 1.807) is 13.3 Å². The lowest BCUT2D eigenvalue weighted by molar-refractivity contribution is 0.415. The first-order chi connectivity index (χ1) is 11.3. The van der Waals surface area contributed by atoms with Gasteiger partial charge in [-0.15, -0.1) is 0 Å². The van der Waals surface area contributed by atoms with Crippen LogP contribution in [0, 0.1) is 0 Å². The summed E-state index contributed by atoms with van der Waals surface area (Å²) in [7, 11) is 1.60. The third kappa shape index (κ3) is 4.05. The molecule has 0 amide bonds. The number of benzene rings is 1. The number of nitrogens with zero attached hydrogens (tertiary/aromatic N) is 3. The molecule has 2 heterocycles. The van der Waals surface area contributed by atoms with Gasteiger partial charge in [0.15, 0.2) is 0 Å². The maximum Gasteiger partial charge on any atom is 0.229 e. The molecule has 0 unspecified atom stereocenters. The van der Waals surface area contributed by atoms with Crippen LogP contribution in [0.2, 0.25) is 5.02 Å². The maximum absolute atomic E-state index is 6.15. The Morgan fingerprint density at radius 3 is 2.61 bits per heavy atom. The van der Waals surface area contributed by atoms with E-state index in [1.165, 1.54) is 25.7 Å². The molecule has 2 aromatic rings. The van der Waals surface area contributed by atoms with Crippen LogP contribution >= 0.6 is 11.6 Å². The lowest BCUT2D eigenvalue weighted by Crippen LogP contribution is -2.25. The van der Waals surface area contributed by atoms with Crippen LogP contribution in [0.15, 0.2) is 30.5 Å². The van der Waals surface area contributed by atoms with E-state index < -0.39 is 0 Å². The summed E-state index contributed by atoms with van der Waals surface area (Å²) in [5.74, 6) is 2.20. The Bertz CT molecular complexity index is 657. The van der Waals surface area contributed by atoms with Gasteiger partial charge in [-0.3, -0.25) is 0 Å². The van der Waals surface area contributed by atoms with Crippen molar-refractivity contribution in [1.29, 1.82) is 0 Å². The molecule has 0 spiro atoms. The third-order valence-corrected chi connectivity index (χ3v) is 4.27. The van der Waals surface area contributed by atoms with Crippen LogP contribution in [0.1, 0.15) is 25.7 Å². The molecule has 1 aromatic heterocycles. The second-order valence-corrected chi connectivity index (χ2v) is 6.02. The first kappa shape index (κ1) is 15.9. The number of aromatic nitrogens is 2. The number of hydrogen-bond acceptors (Lipinski definition) is 5. The zero-order chi connectivity index (χ0) is 16.1. The Morgan fingerprint density at radius 1 is 1.13 bits per heavy atom. The summed E-state index contributed by atoms with van der Waals surface area (Å²) in [6, 6.07) is 7.50. The molecule has 0 atom stereocenters. The van der Waals surface area contributed by atoms with Crippen LogP contribution in [-0.2, 0) is 0 Å². The molecule has 23 heavy (non-hydrogen) atoms. The van der Waals surface area contributed by atoms with Gasteiger partial charge in [-0.2, -0.15) is 4.98 Å². The fourth-order valence-corrected chi connectivity index (χ4v) is 3.02. The largest absolute Gasteiger partial charge is 0.495 e. The second kappa shape index (κ2) is 7.51. The minimum atomic E-state index is 0.557. The number of hydrogen-bond donors (Lipinski definition) is 1. The summed E-state index contributed by atoms with van der Waals surface area (Å²) in [6.45, 7) is 2.12. The Balaban J connectivity index is 1.75. The van der Waals surface area contributed by atoms with Crippen LogP contribution in [0.3, 0.4) is 0 Å². The topological polar surface area (TPSA) is 50.3 Å². The molecule has 1 aromatic carbocycles. The summed E-state index contributed by atoms with van der Waals surface area (Å²) in [5, 5.41) is 3.76. The highest BCUT2D eigenvalue weighted by atomic mass is 35.5. The lowest BCUT2D eigenvalue weighted by atomic mass is 10.2. The van der Waals surface area contributed by atoms with Crippen LogP contribution in [0.5, 0.6) is 5.75 Å². The number of rotatable bonds is 4. The van der Waals surface area contributed by atoms with Gasteiger partial charge in [-0.25, -0.2) is 4.98 Å². The van der Waals surface area contributed by atoms with Gasteiger partial charge in [0.05, 0.1) is 12.1 Å². The minimum absolute atomic E-state index is 0.557. The van der Waals surface area contributed by atoms with E-state index in [4.69, 9.17) is 16.3 Å². The third-order valence-electron chi connectivity index (χ3n) is 3.98. The van der Waals surface area contributed by atoms with Crippen molar-refractivity contribution < 1.29 is 4.74 Å². The molecule has 1 aliphatic heterocycles. The number of ether oxygens (including phenoxy) is 1. The average Bonchev–Trinajstić information content (AvgIpc) is 2.85. The summed E-state index contributed by atoms with van der Waals surface area (Å²) in [6.07, 6.45) is 6.84. The van der Waals surface area contributed by atoms with Crippen molar-refractivity contribution in [3.8, 4) is 5.75 Å². The highest BCUT2D eigenvalue weighted by Gasteiger charge is 2.12. The minimum Gasteiger partial charge on any atom is -0.495 e. The fourth-order valence-electron chi connectivity index (χ4n) is 2.76. The Labute approximate surface area is 141 Å². The summed E-state index contributed by atoms with van der Waals surface area (Å²) >= 11 is 6.15. The summed E-state index contributed by atoms with van der Waals surface area (Å²) in [4.78, 5) is 11.3. The molecule has 0 radical (unpaired) electrons. The SMILES string of the molecule is COc1ccc(Nc2nccc(N3CCCCCC3)n2)cc1Cl. The van der Waals surface area contributed by atoms with Gasteiger partial charge >= 0.3 is 0 Å². The lowest BCUT2D eigenvalue weighted by Gasteiger charge is -2.21. The molecule has 0 aliphatic carbocycles. The number of methoxy groups -OCH3 is 1. The van der Waals surface area contributed by atoms with Crippen molar-refractivity contribution in [2.45, 2.75) is 25.7 Å². The van der Waals surface area contributed by atoms with Crippen LogP contribution in [0.4, 0.5) is 17.5 Å². The van der Waals surface area contributed by atoms with Gasteiger partial charge in [-0.05, 0) is 37.1 Å². The number of anilines is 3. The van der Waals surface area contributed by atoms with Gasteiger partial charge < -0.3 is 15.0 Å². The highest BCUT2D eigenvalue weighted by molar-refractivity contribution is 6.32. The highest BCUT2D eigenvalue weighted by Crippen LogP contribution is 2.28. The normalized spacial score (nSPS) is 15.1. The zero-order valence-electron chi connectivity index (χ0n) is 13.3. The van der Waals surface area contributed by atoms with Crippen molar-refractivity contribution in [2.24, 2.45) is 0 Å². The first-order valence-electron chi connectivity index (χ1n) is 7.95. The van der Waals surface area contributed by atoms with E-state index in [0.29, 0.717) is 16.7 Å². The van der Waals surface area contributed by atoms with Gasteiger partial charge in [0.1, 0.15) is 11.6 Å².